The zero-order chi connectivity index (χ0) is 11.8. The third-order valence-electron chi connectivity index (χ3n) is 2.71. The van der Waals surface area contributed by atoms with Crippen LogP contribution in [0, 0.1) is 0 Å². The van der Waals surface area contributed by atoms with Crippen LogP contribution in [-0.4, -0.2) is 24.4 Å². The van der Waals surface area contributed by atoms with Gasteiger partial charge in [0.2, 0.25) is 0 Å². The number of carbonyl (C=O) groups is 1. The predicted molar refractivity (Wildman–Crippen MR) is 67.5 cm³/mol. The molecule has 1 aromatic carbocycles. The predicted octanol–water partition coefficient (Wildman–Crippen LogP) is 3.34. The topological polar surface area (TPSA) is 20.3 Å². The molecule has 0 radical (unpaired) electrons. The molecular formula is C14H21NO. The molecule has 1 aromatic rings. The van der Waals surface area contributed by atoms with Crippen molar-refractivity contribution in [1.29, 1.82) is 0 Å². The molecule has 0 fully saturated rings. The van der Waals surface area contributed by atoms with Crippen LogP contribution in [0.15, 0.2) is 30.3 Å². The summed E-state index contributed by atoms with van der Waals surface area (Å²) >= 11 is 0. The summed E-state index contributed by atoms with van der Waals surface area (Å²) in [5.41, 5.74) is 0.778. The van der Waals surface area contributed by atoms with Crippen LogP contribution >= 0.6 is 0 Å². The Morgan fingerprint density at radius 3 is 2.44 bits per heavy atom. The van der Waals surface area contributed by atoms with Crippen LogP contribution in [-0.2, 0) is 0 Å². The van der Waals surface area contributed by atoms with E-state index < -0.39 is 0 Å². The molecule has 0 heterocycles. The summed E-state index contributed by atoms with van der Waals surface area (Å²) in [6, 6.07) is 9.46. The van der Waals surface area contributed by atoms with Crippen molar-refractivity contribution >= 4 is 5.91 Å². The van der Waals surface area contributed by atoms with Gasteiger partial charge in [-0.15, -0.1) is 0 Å². The lowest BCUT2D eigenvalue weighted by Crippen LogP contribution is -2.27. The van der Waals surface area contributed by atoms with Gasteiger partial charge in [0.15, 0.2) is 0 Å². The number of nitrogens with zero attached hydrogens (tertiary/aromatic N) is 1. The quantitative estimate of drug-likeness (QED) is 0.672. The summed E-state index contributed by atoms with van der Waals surface area (Å²) in [6.45, 7) is 3.05. The maximum absolute atomic E-state index is 11.9. The average Bonchev–Trinajstić information content (AvgIpc) is 2.34. The minimum absolute atomic E-state index is 0.122. The van der Waals surface area contributed by atoms with E-state index in [-0.39, 0.29) is 5.91 Å². The summed E-state index contributed by atoms with van der Waals surface area (Å²) in [4.78, 5) is 13.7. The van der Waals surface area contributed by atoms with E-state index in [1.807, 2.05) is 42.3 Å². The van der Waals surface area contributed by atoms with Gasteiger partial charge in [0.25, 0.3) is 5.91 Å². The van der Waals surface area contributed by atoms with Crippen molar-refractivity contribution in [3.8, 4) is 0 Å². The third kappa shape index (κ3) is 4.05. The summed E-state index contributed by atoms with van der Waals surface area (Å²) in [5.74, 6) is 0.122. The van der Waals surface area contributed by atoms with Crippen molar-refractivity contribution in [2.75, 3.05) is 13.6 Å². The minimum atomic E-state index is 0.122. The highest BCUT2D eigenvalue weighted by Gasteiger charge is 2.09. The van der Waals surface area contributed by atoms with E-state index in [0.717, 1.165) is 18.5 Å². The fourth-order valence-corrected chi connectivity index (χ4v) is 1.68. The normalized spacial score (nSPS) is 10.1. The van der Waals surface area contributed by atoms with Gasteiger partial charge < -0.3 is 4.90 Å². The molecule has 0 atom stereocenters. The first-order valence-corrected chi connectivity index (χ1v) is 6.06. The summed E-state index contributed by atoms with van der Waals surface area (Å²) in [5, 5.41) is 0. The van der Waals surface area contributed by atoms with Crippen LogP contribution in [0.25, 0.3) is 0 Å². The summed E-state index contributed by atoms with van der Waals surface area (Å²) in [7, 11) is 1.88. The molecule has 1 rings (SSSR count). The number of carbonyl (C=O) groups excluding carboxylic acids is 1. The number of hydrogen-bond acceptors (Lipinski definition) is 1. The molecule has 16 heavy (non-hydrogen) atoms. The molecule has 0 spiro atoms. The van der Waals surface area contributed by atoms with Crippen LogP contribution in [0.1, 0.15) is 43.0 Å². The summed E-state index contributed by atoms with van der Waals surface area (Å²) in [6.07, 6.45) is 4.80. The second-order valence-corrected chi connectivity index (χ2v) is 4.15. The van der Waals surface area contributed by atoms with Crippen molar-refractivity contribution in [1.82, 2.24) is 4.90 Å². The molecule has 0 aliphatic rings. The Hall–Kier alpha value is -1.31. The van der Waals surface area contributed by atoms with E-state index in [4.69, 9.17) is 0 Å². The Labute approximate surface area is 98.3 Å². The van der Waals surface area contributed by atoms with E-state index in [1.54, 1.807) is 0 Å². The van der Waals surface area contributed by atoms with Crippen molar-refractivity contribution < 1.29 is 4.79 Å². The Kier molecular flexibility index (Phi) is 5.62. The highest BCUT2D eigenvalue weighted by Crippen LogP contribution is 2.05. The molecule has 1 amide bonds. The molecule has 0 aromatic heterocycles. The number of rotatable bonds is 6. The van der Waals surface area contributed by atoms with Gasteiger partial charge in [-0.1, -0.05) is 44.4 Å². The molecule has 0 aliphatic heterocycles. The maximum atomic E-state index is 11.9. The molecule has 2 heteroatoms. The number of benzene rings is 1. The lowest BCUT2D eigenvalue weighted by molar-refractivity contribution is 0.0792. The molecule has 0 saturated heterocycles. The van der Waals surface area contributed by atoms with Crippen LogP contribution in [0.5, 0.6) is 0 Å². The standard InChI is InChI=1S/C14H21NO/c1-3-4-5-9-12-15(2)14(16)13-10-7-6-8-11-13/h6-8,10-11H,3-5,9,12H2,1-2H3. The molecule has 0 unspecified atom stereocenters. The molecule has 88 valence electrons. The van der Waals surface area contributed by atoms with Crippen molar-refractivity contribution in [2.45, 2.75) is 32.6 Å². The highest BCUT2D eigenvalue weighted by atomic mass is 16.2. The molecular weight excluding hydrogens is 198 g/mol. The van der Waals surface area contributed by atoms with Crippen molar-refractivity contribution in [3.63, 3.8) is 0 Å². The molecule has 2 nitrogen and oxygen atoms in total. The maximum Gasteiger partial charge on any atom is 0.253 e. The first kappa shape index (κ1) is 12.8. The Morgan fingerprint density at radius 2 is 1.81 bits per heavy atom. The molecule has 0 saturated carbocycles. The molecule has 0 aliphatic carbocycles. The largest absolute Gasteiger partial charge is 0.342 e. The number of hydrogen-bond donors (Lipinski definition) is 0. The number of amides is 1. The van der Waals surface area contributed by atoms with E-state index in [0.29, 0.717) is 0 Å². The first-order chi connectivity index (χ1) is 7.75. The van der Waals surface area contributed by atoms with Gasteiger partial charge in [0, 0.05) is 19.2 Å². The smallest absolute Gasteiger partial charge is 0.253 e. The van der Waals surface area contributed by atoms with Crippen LogP contribution in [0.3, 0.4) is 0 Å². The molecule has 0 bridgehead atoms. The lowest BCUT2D eigenvalue weighted by Gasteiger charge is -2.16. The van der Waals surface area contributed by atoms with Crippen LogP contribution < -0.4 is 0 Å². The SMILES string of the molecule is CCCCCCN(C)C(=O)c1ccccc1. The van der Waals surface area contributed by atoms with Gasteiger partial charge in [-0.25, -0.2) is 0 Å². The van der Waals surface area contributed by atoms with Gasteiger partial charge in [0.05, 0.1) is 0 Å². The Balaban J connectivity index is 2.37. The minimum Gasteiger partial charge on any atom is -0.342 e. The third-order valence-corrected chi connectivity index (χ3v) is 2.71. The van der Waals surface area contributed by atoms with Crippen LogP contribution in [0.4, 0.5) is 0 Å². The van der Waals surface area contributed by atoms with E-state index in [9.17, 15) is 4.79 Å². The zero-order valence-electron chi connectivity index (χ0n) is 10.3. The summed E-state index contributed by atoms with van der Waals surface area (Å²) < 4.78 is 0. The number of unbranched alkanes of at least 4 members (excludes halogenated alkanes) is 3. The van der Waals surface area contributed by atoms with Crippen molar-refractivity contribution in [2.24, 2.45) is 0 Å². The zero-order valence-corrected chi connectivity index (χ0v) is 10.3. The fraction of sp³-hybridized carbons (Fsp3) is 0.500. The van der Waals surface area contributed by atoms with Crippen LogP contribution in [0.2, 0.25) is 0 Å². The monoisotopic (exact) mass is 219 g/mol. The van der Waals surface area contributed by atoms with E-state index >= 15 is 0 Å². The van der Waals surface area contributed by atoms with Crippen molar-refractivity contribution in [3.05, 3.63) is 35.9 Å². The second kappa shape index (κ2) is 7.04. The fourth-order valence-electron chi connectivity index (χ4n) is 1.68. The lowest BCUT2D eigenvalue weighted by atomic mass is 10.1. The van der Waals surface area contributed by atoms with E-state index in [2.05, 4.69) is 6.92 Å². The average molecular weight is 219 g/mol. The molecule has 0 N–H and O–H groups in total. The van der Waals surface area contributed by atoms with Gasteiger partial charge in [0.1, 0.15) is 0 Å². The van der Waals surface area contributed by atoms with Gasteiger partial charge in [-0.05, 0) is 18.6 Å². The van der Waals surface area contributed by atoms with Gasteiger partial charge in [-0.3, -0.25) is 4.79 Å². The Bertz CT molecular complexity index is 308. The highest BCUT2D eigenvalue weighted by molar-refractivity contribution is 5.93. The van der Waals surface area contributed by atoms with E-state index in [1.165, 1.54) is 19.3 Å². The van der Waals surface area contributed by atoms with Gasteiger partial charge in [-0.2, -0.15) is 0 Å². The second-order valence-electron chi connectivity index (χ2n) is 4.15. The first-order valence-electron chi connectivity index (χ1n) is 6.06. The Morgan fingerprint density at radius 1 is 1.12 bits per heavy atom. The van der Waals surface area contributed by atoms with Gasteiger partial charge >= 0.3 is 0 Å².